The molecular weight excluding hydrogens is 312 g/mol. The van der Waals surface area contributed by atoms with Crippen LogP contribution in [0.1, 0.15) is 30.7 Å². The molecule has 2 aliphatic rings. The van der Waals surface area contributed by atoms with Crippen LogP contribution in [0, 0.1) is 5.92 Å². The highest BCUT2D eigenvalue weighted by Crippen LogP contribution is 2.51. The lowest BCUT2D eigenvalue weighted by molar-refractivity contribution is -0.137. The third-order valence-electron chi connectivity index (χ3n) is 3.65. The number of hydrogen-bond acceptors (Lipinski definition) is 3. The first-order valence-corrected chi connectivity index (χ1v) is 7.26. The molecule has 5 heteroatoms. The van der Waals surface area contributed by atoms with Crippen LogP contribution in [0.25, 0.3) is 0 Å². The number of rotatable bonds is 4. The second kappa shape index (κ2) is 5.04. The molecule has 1 atom stereocenters. The highest BCUT2D eigenvalue weighted by atomic mass is 79.9. The highest BCUT2D eigenvalue weighted by molar-refractivity contribution is 9.10. The van der Waals surface area contributed by atoms with E-state index in [4.69, 9.17) is 14.6 Å². The van der Waals surface area contributed by atoms with E-state index in [1.807, 2.05) is 12.1 Å². The minimum Gasteiger partial charge on any atom is -0.486 e. The summed E-state index contributed by atoms with van der Waals surface area (Å²) in [5, 5.41) is 9.13. The molecule has 0 bridgehead atoms. The van der Waals surface area contributed by atoms with Gasteiger partial charge in [-0.1, -0.05) is 15.9 Å². The predicted octanol–water partition coefficient (Wildman–Crippen LogP) is 3.19. The molecule has 1 aromatic carbocycles. The van der Waals surface area contributed by atoms with E-state index in [2.05, 4.69) is 15.9 Å². The van der Waals surface area contributed by atoms with E-state index < -0.39 is 5.97 Å². The van der Waals surface area contributed by atoms with Gasteiger partial charge in [0.2, 0.25) is 0 Å². The molecule has 4 nitrogen and oxygen atoms in total. The predicted molar refractivity (Wildman–Crippen MR) is 72.8 cm³/mol. The average Bonchev–Trinajstić information content (AvgIpc) is 3.20. The fraction of sp³-hybridized carbons (Fsp3) is 0.500. The van der Waals surface area contributed by atoms with Crippen LogP contribution >= 0.6 is 15.9 Å². The molecular formula is C14H15BrO4. The minimum atomic E-state index is -0.766. The van der Waals surface area contributed by atoms with Crippen molar-refractivity contribution in [1.82, 2.24) is 0 Å². The summed E-state index contributed by atoms with van der Waals surface area (Å²) >= 11 is 3.53. The smallest absolute Gasteiger partial charge is 0.303 e. The summed E-state index contributed by atoms with van der Waals surface area (Å²) < 4.78 is 12.2. The van der Waals surface area contributed by atoms with Gasteiger partial charge < -0.3 is 14.6 Å². The van der Waals surface area contributed by atoms with Crippen LogP contribution in [0.4, 0.5) is 0 Å². The lowest BCUT2D eigenvalue weighted by Gasteiger charge is -2.25. The molecule has 1 aliphatic carbocycles. The van der Waals surface area contributed by atoms with Crippen LogP contribution in [0.15, 0.2) is 16.6 Å². The number of hydrogen-bond donors (Lipinski definition) is 1. The van der Waals surface area contributed by atoms with Crippen molar-refractivity contribution in [2.45, 2.75) is 25.2 Å². The summed E-state index contributed by atoms with van der Waals surface area (Å²) in [5.41, 5.74) is 0.960. The maximum absolute atomic E-state index is 11.1. The van der Waals surface area contributed by atoms with E-state index in [9.17, 15) is 4.79 Å². The second-order valence-electron chi connectivity index (χ2n) is 5.03. The van der Waals surface area contributed by atoms with Gasteiger partial charge >= 0.3 is 5.97 Å². The Morgan fingerprint density at radius 3 is 2.79 bits per heavy atom. The largest absolute Gasteiger partial charge is 0.486 e. The quantitative estimate of drug-likeness (QED) is 0.923. The fourth-order valence-corrected chi connectivity index (χ4v) is 3.26. The van der Waals surface area contributed by atoms with Crippen molar-refractivity contribution in [2.24, 2.45) is 5.92 Å². The van der Waals surface area contributed by atoms with Crippen LogP contribution < -0.4 is 9.47 Å². The first kappa shape index (κ1) is 12.8. The Morgan fingerprint density at radius 1 is 1.37 bits per heavy atom. The standard InChI is InChI=1S/C14H15BrO4/c15-10-3-4-11-14(19-6-5-18-11)13(10)9(7-12(16)17)8-1-2-8/h3-4,8-9H,1-2,5-7H2,(H,16,17). The molecule has 0 aromatic heterocycles. The van der Waals surface area contributed by atoms with Gasteiger partial charge in [-0.05, 0) is 30.9 Å². The van der Waals surface area contributed by atoms with Gasteiger partial charge in [-0.3, -0.25) is 4.79 Å². The number of benzene rings is 1. The van der Waals surface area contributed by atoms with Crippen LogP contribution in [-0.2, 0) is 4.79 Å². The first-order chi connectivity index (χ1) is 9.16. The molecule has 3 rings (SSSR count). The number of carboxylic acid groups (broad SMARTS) is 1. The van der Waals surface area contributed by atoms with Crippen molar-refractivity contribution in [1.29, 1.82) is 0 Å². The number of carbonyl (C=O) groups is 1. The maximum atomic E-state index is 11.1. The fourth-order valence-electron chi connectivity index (χ4n) is 2.65. The molecule has 0 saturated heterocycles. The summed E-state index contributed by atoms with van der Waals surface area (Å²) in [7, 11) is 0. The van der Waals surface area contributed by atoms with Gasteiger partial charge in [0, 0.05) is 16.0 Å². The molecule has 1 N–H and O–H groups in total. The van der Waals surface area contributed by atoms with Gasteiger partial charge in [0.05, 0.1) is 6.42 Å². The number of carboxylic acids is 1. The normalized spacial score (nSPS) is 19.0. The van der Waals surface area contributed by atoms with Crippen LogP contribution in [-0.4, -0.2) is 24.3 Å². The molecule has 1 fully saturated rings. The highest BCUT2D eigenvalue weighted by Gasteiger charge is 2.37. The topological polar surface area (TPSA) is 55.8 Å². The van der Waals surface area contributed by atoms with Crippen molar-refractivity contribution >= 4 is 21.9 Å². The van der Waals surface area contributed by atoms with E-state index in [0.717, 1.165) is 34.4 Å². The van der Waals surface area contributed by atoms with E-state index in [-0.39, 0.29) is 12.3 Å². The van der Waals surface area contributed by atoms with Crippen LogP contribution in [0.2, 0.25) is 0 Å². The number of ether oxygens (including phenoxy) is 2. The molecule has 1 saturated carbocycles. The van der Waals surface area contributed by atoms with Crippen molar-refractivity contribution in [3.63, 3.8) is 0 Å². The van der Waals surface area contributed by atoms with Crippen molar-refractivity contribution in [3.8, 4) is 11.5 Å². The lowest BCUT2D eigenvalue weighted by Crippen LogP contribution is -2.19. The third-order valence-corrected chi connectivity index (χ3v) is 4.34. The van der Waals surface area contributed by atoms with Gasteiger partial charge in [0.15, 0.2) is 11.5 Å². The van der Waals surface area contributed by atoms with Gasteiger partial charge in [0.1, 0.15) is 13.2 Å². The SMILES string of the molecule is O=C(O)CC(c1c(Br)ccc2c1OCCO2)C1CC1. The lowest BCUT2D eigenvalue weighted by atomic mass is 9.90. The Hall–Kier alpha value is -1.23. The Kier molecular flexibility index (Phi) is 3.39. The molecule has 102 valence electrons. The molecule has 19 heavy (non-hydrogen) atoms. The summed E-state index contributed by atoms with van der Waals surface area (Å²) in [6.07, 6.45) is 2.33. The Balaban J connectivity index is 2.03. The van der Waals surface area contributed by atoms with E-state index in [1.54, 1.807) is 0 Å². The summed E-state index contributed by atoms with van der Waals surface area (Å²) in [5.74, 6) is 1.13. The van der Waals surface area contributed by atoms with Crippen molar-refractivity contribution < 1.29 is 19.4 Å². The Bertz CT molecular complexity index is 510. The first-order valence-electron chi connectivity index (χ1n) is 6.46. The molecule has 1 unspecified atom stereocenters. The number of fused-ring (bicyclic) bond motifs is 1. The van der Waals surface area contributed by atoms with Crippen LogP contribution in [0.5, 0.6) is 11.5 Å². The van der Waals surface area contributed by atoms with Gasteiger partial charge in [0.25, 0.3) is 0 Å². The molecule has 1 heterocycles. The number of aliphatic carboxylic acids is 1. The third kappa shape index (κ3) is 2.56. The molecule has 1 aromatic rings. The second-order valence-corrected chi connectivity index (χ2v) is 5.88. The van der Waals surface area contributed by atoms with Crippen molar-refractivity contribution in [2.75, 3.05) is 13.2 Å². The van der Waals surface area contributed by atoms with E-state index >= 15 is 0 Å². The number of halogens is 1. The summed E-state index contributed by atoms with van der Waals surface area (Å²) in [4.78, 5) is 11.1. The summed E-state index contributed by atoms with van der Waals surface area (Å²) in [6, 6.07) is 3.78. The maximum Gasteiger partial charge on any atom is 0.303 e. The monoisotopic (exact) mass is 326 g/mol. The summed E-state index contributed by atoms with van der Waals surface area (Å²) in [6.45, 7) is 1.06. The molecule has 0 radical (unpaired) electrons. The van der Waals surface area contributed by atoms with E-state index in [1.165, 1.54) is 0 Å². The molecule has 1 aliphatic heterocycles. The minimum absolute atomic E-state index is 0.00326. The zero-order valence-electron chi connectivity index (χ0n) is 10.4. The zero-order chi connectivity index (χ0) is 13.4. The van der Waals surface area contributed by atoms with Gasteiger partial charge in [-0.25, -0.2) is 0 Å². The van der Waals surface area contributed by atoms with Crippen molar-refractivity contribution in [3.05, 3.63) is 22.2 Å². The van der Waals surface area contributed by atoms with Gasteiger partial charge in [-0.15, -0.1) is 0 Å². The van der Waals surface area contributed by atoms with Gasteiger partial charge in [-0.2, -0.15) is 0 Å². The average molecular weight is 327 g/mol. The zero-order valence-corrected chi connectivity index (χ0v) is 12.0. The van der Waals surface area contributed by atoms with Crippen LogP contribution in [0.3, 0.4) is 0 Å². The Morgan fingerprint density at radius 2 is 2.11 bits per heavy atom. The molecule has 0 spiro atoms. The Labute approximate surface area is 119 Å². The molecule has 0 amide bonds. The van der Waals surface area contributed by atoms with E-state index in [0.29, 0.717) is 19.1 Å².